The van der Waals surface area contributed by atoms with Crippen LogP contribution in [0.5, 0.6) is 0 Å². The van der Waals surface area contributed by atoms with Gasteiger partial charge in [0, 0.05) is 20.4 Å². The molecule has 2 aromatic carbocycles. The number of hydrogen-bond donors (Lipinski definition) is 1. The van der Waals surface area contributed by atoms with Gasteiger partial charge in [0.25, 0.3) is 0 Å². The quantitative estimate of drug-likeness (QED) is 0.686. The molecule has 0 radical (unpaired) electrons. The molecule has 0 aromatic heterocycles. The number of halogens is 2. The zero-order chi connectivity index (χ0) is 14.5. The van der Waals surface area contributed by atoms with Crippen LogP contribution in [0.15, 0.2) is 57.9 Å². The summed E-state index contributed by atoms with van der Waals surface area (Å²) in [6, 6.07) is 16.3. The predicted octanol–water partition coefficient (Wildman–Crippen LogP) is 5.67. The SMILES string of the molecule is CCC(N)C(Sc1ccc(Cl)cc1)c1ccccc1Br. The van der Waals surface area contributed by atoms with Crippen LogP contribution < -0.4 is 5.73 Å². The van der Waals surface area contributed by atoms with Gasteiger partial charge in [0.15, 0.2) is 0 Å². The molecule has 2 N–H and O–H groups in total. The number of hydrogen-bond acceptors (Lipinski definition) is 2. The first-order chi connectivity index (χ1) is 9.61. The molecule has 2 rings (SSSR count). The lowest BCUT2D eigenvalue weighted by molar-refractivity contribution is 0.633. The van der Waals surface area contributed by atoms with Crippen LogP contribution in [0, 0.1) is 0 Å². The van der Waals surface area contributed by atoms with E-state index in [1.807, 2.05) is 30.3 Å². The highest BCUT2D eigenvalue weighted by Crippen LogP contribution is 2.41. The highest BCUT2D eigenvalue weighted by Gasteiger charge is 2.21. The Balaban J connectivity index is 2.29. The minimum atomic E-state index is 0.106. The van der Waals surface area contributed by atoms with Crippen LogP contribution >= 0.6 is 39.3 Å². The number of nitrogens with two attached hydrogens (primary N) is 1. The van der Waals surface area contributed by atoms with Crippen molar-refractivity contribution >= 4 is 39.3 Å². The van der Waals surface area contributed by atoms with E-state index in [1.165, 1.54) is 10.5 Å². The summed E-state index contributed by atoms with van der Waals surface area (Å²) >= 11 is 11.4. The zero-order valence-corrected chi connectivity index (χ0v) is 14.4. The second-order valence-electron chi connectivity index (χ2n) is 4.59. The normalized spacial score (nSPS) is 14.0. The monoisotopic (exact) mass is 369 g/mol. The van der Waals surface area contributed by atoms with Crippen LogP contribution in [0.2, 0.25) is 5.02 Å². The maximum Gasteiger partial charge on any atom is 0.0506 e. The Hall–Kier alpha value is -0.480. The van der Waals surface area contributed by atoms with Crippen molar-refractivity contribution in [3.05, 3.63) is 63.6 Å². The first-order valence-electron chi connectivity index (χ1n) is 6.54. The summed E-state index contributed by atoms with van der Waals surface area (Å²) in [5.41, 5.74) is 7.57. The summed E-state index contributed by atoms with van der Waals surface area (Å²) in [5.74, 6) is 0. The van der Waals surface area contributed by atoms with Crippen LogP contribution in [-0.4, -0.2) is 6.04 Å². The Bertz CT molecular complexity index is 559. The maximum absolute atomic E-state index is 6.33. The third-order valence-corrected chi connectivity index (χ3v) is 5.52. The third kappa shape index (κ3) is 4.01. The number of benzene rings is 2. The van der Waals surface area contributed by atoms with Crippen molar-refractivity contribution in [1.29, 1.82) is 0 Å². The molecule has 0 bridgehead atoms. The van der Waals surface area contributed by atoms with Crippen molar-refractivity contribution < 1.29 is 0 Å². The highest BCUT2D eigenvalue weighted by atomic mass is 79.9. The van der Waals surface area contributed by atoms with Crippen LogP contribution in [-0.2, 0) is 0 Å². The zero-order valence-electron chi connectivity index (χ0n) is 11.2. The molecule has 2 unspecified atom stereocenters. The van der Waals surface area contributed by atoms with Crippen molar-refractivity contribution in [3.8, 4) is 0 Å². The van der Waals surface area contributed by atoms with Gasteiger partial charge in [-0.15, -0.1) is 11.8 Å². The second-order valence-corrected chi connectivity index (χ2v) is 7.09. The number of rotatable bonds is 5. The molecule has 2 aromatic rings. The molecule has 2 atom stereocenters. The lowest BCUT2D eigenvalue weighted by Crippen LogP contribution is -2.25. The topological polar surface area (TPSA) is 26.0 Å². The Morgan fingerprint density at radius 1 is 1.15 bits per heavy atom. The van der Waals surface area contributed by atoms with Crippen LogP contribution in [0.4, 0.5) is 0 Å². The molecule has 0 aliphatic rings. The smallest absolute Gasteiger partial charge is 0.0506 e. The van der Waals surface area contributed by atoms with Crippen LogP contribution in [0.1, 0.15) is 24.2 Å². The minimum absolute atomic E-state index is 0.106. The van der Waals surface area contributed by atoms with E-state index < -0.39 is 0 Å². The molecule has 0 aliphatic carbocycles. The summed E-state index contributed by atoms with van der Waals surface area (Å²) < 4.78 is 1.11. The summed E-state index contributed by atoms with van der Waals surface area (Å²) in [5, 5.41) is 0.975. The van der Waals surface area contributed by atoms with Gasteiger partial charge in [-0.1, -0.05) is 52.7 Å². The van der Waals surface area contributed by atoms with Crippen molar-refractivity contribution in [3.63, 3.8) is 0 Å². The molecule has 0 aliphatic heterocycles. The van der Waals surface area contributed by atoms with Gasteiger partial charge in [-0.3, -0.25) is 0 Å². The van der Waals surface area contributed by atoms with Crippen LogP contribution in [0.3, 0.4) is 0 Å². The van der Waals surface area contributed by atoms with Gasteiger partial charge in [0.2, 0.25) is 0 Å². The molecule has 0 saturated heterocycles. The highest BCUT2D eigenvalue weighted by molar-refractivity contribution is 9.10. The standard InChI is InChI=1S/C16H17BrClNS/c1-2-15(19)16(13-5-3-4-6-14(13)17)20-12-9-7-11(18)8-10-12/h3-10,15-16H,2,19H2,1H3. The predicted molar refractivity (Wildman–Crippen MR) is 92.5 cm³/mol. The second kappa shape index (κ2) is 7.51. The Morgan fingerprint density at radius 2 is 1.80 bits per heavy atom. The van der Waals surface area contributed by atoms with E-state index in [2.05, 4.69) is 41.1 Å². The van der Waals surface area contributed by atoms with Crippen molar-refractivity contribution in [2.75, 3.05) is 0 Å². The first kappa shape index (κ1) is 15.9. The molecule has 106 valence electrons. The Morgan fingerprint density at radius 3 is 2.40 bits per heavy atom. The molecule has 4 heteroatoms. The average molecular weight is 371 g/mol. The number of thioether (sulfide) groups is 1. The van der Waals surface area contributed by atoms with E-state index in [0.29, 0.717) is 0 Å². The summed E-state index contributed by atoms with van der Waals surface area (Å²) in [4.78, 5) is 1.18. The largest absolute Gasteiger partial charge is 0.326 e. The molecule has 0 saturated carbocycles. The fraction of sp³-hybridized carbons (Fsp3) is 0.250. The third-order valence-electron chi connectivity index (χ3n) is 3.15. The van der Waals surface area contributed by atoms with E-state index in [-0.39, 0.29) is 11.3 Å². The van der Waals surface area contributed by atoms with E-state index in [9.17, 15) is 0 Å². The minimum Gasteiger partial charge on any atom is -0.326 e. The Kier molecular flexibility index (Phi) is 5.97. The Labute approximate surface area is 138 Å². The summed E-state index contributed by atoms with van der Waals surface area (Å²) in [7, 11) is 0. The van der Waals surface area contributed by atoms with Gasteiger partial charge in [-0.2, -0.15) is 0 Å². The van der Waals surface area contributed by atoms with Crippen LogP contribution in [0.25, 0.3) is 0 Å². The van der Waals surface area contributed by atoms with Gasteiger partial charge in [0.05, 0.1) is 5.25 Å². The fourth-order valence-electron chi connectivity index (χ4n) is 1.96. The molecule has 0 spiro atoms. The fourth-order valence-corrected chi connectivity index (χ4v) is 4.06. The van der Waals surface area contributed by atoms with Gasteiger partial charge in [0.1, 0.15) is 0 Å². The van der Waals surface area contributed by atoms with E-state index in [4.69, 9.17) is 17.3 Å². The molecule has 0 amide bonds. The molecule has 0 heterocycles. The molecule has 20 heavy (non-hydrogen) atoms. The molecule has 0 fully saturated rings. The summed E-state index contributed by atoms with van der Waals surface area (Å²) in [6.45, 7) is 2.12. The van der Waals surface area contributed by atoms with Gasteiger partial charge < -0.3 is 5.73 Å². The summed E-state index contributed by atoms with van der Waals surface area (Å²) in [6.07, 6.45) is 0.937. The molecule has 1 nitrogen and oxygen atoms in total. The van der Waals surface area contributed by atoms with Crippen molar-refractivity contribution in [2.24, 2.45) is 5.73 Å². The first-order valence-corrected chi connectivity index (χ1v) is 8.59. The van der Waals surface area contributed by atoms with Gasteiger partial charge in [-0.25, -0.2) is 0 Å². The molecular weight excluding hydrogens is 354 g/mol. The van der Waals surface area contributed by atoms with Gasteiger partial charge >= 0.3 is 0 Å². The molecular formula is C16H17BrClNS. The van der Waals surface area contributed by atoms with E-state index in [0.717, 1.165) is 15.9 Å². The van der Waals surface area contributed by atoms with Gasteiger partial charge in [-0.05, 0) is 42.3 Å². The maximum atomic E-state index is 6.33. The lowest BCUT2D eigenvalue weighted by Gasteiger charge is -2.24. The van der Waals surface area contributed by atoms with E-state index in [1.54, 1.807) is 11.8 Å². The van der Waals surface area contributed by atoms with Crippen molar-refractivity contribution in [1.82, 2.24) is 0 Å². The van der Waals surface area contributed by atoms with E-state index >= 15 is 0 Å². The lowest BCUT2D eigenvalue weighted by atomic mass is 10.0. The van der Waals surface area contributed by atoms with Crippen molar-refractivity contribution in [2.45, 2.75) is 29.5 Å². The average Bonchev–Trinajstić information content (AvgIpc) is 2.47.